The summed E-state index contributed by atoms with van der Waals surface area (Å²) < 4.78 is 27.1. The zero-order chi connectivity index (χ0) is 15.0. The molecule has 0 aromatic heterocycles. The summed E-state index contributed by atoms with van der Waals surface area (Å²) in [4.78, 5) is 0.283. The Labute approximate surface area is 125 Å². The van der Waals surface area contributed by atoms with Crippen LogP contribution in [0.1, 0.15) is 17.5 Å². The minimum absolute atomic E-state index is 0.253. The predicted molar refractivity (Wildman–Crippen MR) is 85.3 cm³/mol. The molecule has 0 fully saturated rings. The van der Waals surface area contributed by atoms with Crippen LogP contribution in [-0.4, -0.2) is 33.5 Å². The Kier molecular flexibility index (Phi) is 7.10. The summed E-state index contributed by atoms with van der Waals surface area (Å²) >= 11 is 1.70. The van der Waals surface area contributed by atoms with Gasteiger partial charge in [0.25, 0.3) is 0 Å². The highest BCUT2D eigenvalue weighted by Crippen LogP contribution is 2.16. The molecule has 4 nitrogen and oxygen atoms in total. The van der Waals surface area contributed by atoms with Gasteiger partial charge in [0.1, 0.15) is 0 Å². The monoisotopic (exact) mass is 312 g/mol. The van der Waals surface area contributed by atoms with Crippen molar-refractivity contribution in [2.45, 2.75) is 18.2 Å². The van der Waals surface area contributed by atoms with Crippen LogP contribution in [-0.2, 0) is 10.0 Å². The highest BCUT2D eigenvalue weighted by atomic mass is 32.2. The molecule has 0 saturated carbocycles. The summed E-state index contributed by atoms with van der Waals surface area (Å²) in [5, 5.41) is 0. The van der Waals surface area contributed by atoms with E-state index in [1.807, 2.05) is 6.26 Å². The molecule has 0 bridgehead atoms. The Morgan fingerprint density at radius 3 is 2.80 bits per heavy atom. The fraction of sp³-hybridized carbons (Fsp3) is 0.429. The van der Waals surface area contributed by atoms with Crippen LogP contribution in [0.5, 0.6) is 0 Å². The van der Waals surface area contributed by atoms with E-state index in [0.29, 0.717) is 17.7 Å². The third-order valence-corrected chi connectivity index (χ3v) is 4.93. The SMILES string of the molecule is CSCCCNS(=O)(=O)c1cc(C#CCN)ccc1C. The number of nitrogens with one attached hydrogen (secondary N) is 1. The molecular formula is C14H20N2O2S2. The standard InChI is InChI=1S/C14H20N2O2S2/c1-12-6-7-13(5-3-8-15)11-14(12)20(17,18)16-9-4-10-19-2/h6-7,11,16H,4,8-10,15H2,1-2H3. The quantitative estimate of drug-likeness (QED) is 0.614. The molecule has 0 aliphatic carbocycles. The van der Waals surface area contributed by atoms with Crippen LogP contribution in [0.4, 0.5) is 0 Å². The summed E-state index contributed by atoms with van der Waals surface area (Å²) in [7, 11) is -3.48. The highest BCUT2D eigenvalue weighted by molar-refractivity contribution is 7.98. The van der Waals surface area contributed by atoms with Gasteiger partial charge in [0.15, 0.2) is 0 Å². The Morgan fingerprint density at radius 1 is 1.40 bits per heavy atom. The Balaban J connectivity index is 2.93. The highest BCUT2D eigenvalue weighted by Gasteiger charge is 2.16. The van der Waals surface area contributed by atoms with Crippen molar-refractivity contribution in [1.29, 1.82) is 0 Å². The van der Waals surface area contributed by atoms with Crippen LogP contribution in [0.15, 0.2) is 23.1 Å². The van der Waals surface area contributed by atoms with E-state index in [-0.39, 0.29) is 11.4 Å². The van der Waals surface area contributed by atoms with Crippen LogP contribution in [0.3, 0.4) is 0 Å². The number of hydrogen-bond acceptors (Lipinski definition) is 4. The average Bonchev–Trinajstić information content (AvgIpc) is 2.42. The van der Waals surface area contributed by atoms with E-state index in [2.05, 4.69) is 16.6 Å². The molecule has 0 aliphatic rings. The third kappa shape index (κ3) is 5.17. The van der Waals surface area contributed by atoms with Crippen molar-refractivity contribution >= 4 is 21.8 Å². The van der Waals surface area contributed by atoms with E-state index < -0.39 is 10.0 Å². The predicted octanol–water partition coefficient (Wildman–Crippen LogP) is 1.34. The normalized spacial score (nSPS) is 10.9. The average molecular weight is 312 g/mol. The molecule has 0 spiro atoms. The molecule has 3 N–H and O–H groups in total. The van der Waals surface area contributed by atoms with Gasteiger partial charge in [-0.05, 0) is 43.0 Å². The molecular weight excluding hydrogens is 292 g/mol. The molecule has 20 heavy (non-hydrogen) atoms. The summed E-state index contributed by atoms with van der Waals surface area (Å²) in [5.41, 5.74) is 6.68. The molecule has 0 unspecified atom stereocenters. The lowest BCUT2D eigenvalue weighted by molar-refractivity contribution is 0.580. The van der Waals surface area contributed by atoms with E-state index in [1.165, 1.54) is 0 Å². The van der Waals surface area contributed by atoms with E-state index >= 15 is 0 Å². The number of aryl methyl sites for hydroxylation is 1. The lowest BCUT2D eigenvalue weighted by Gasteiger charge is -2.09. The van der Waals surface area contributed by atoms with Crippen LogP contribution < -0.4 is 10.5 Å². The van der Waals surface area contributed by atoms with E-state index in [1.54, 1.807) is 36.9 Å². The topological polar surface area (TPSA) is 72.2 Å². The van der Waals surface area contributed by atoms with Gasteiger partial charge < -0.3 is 5.73 Å². The number of thioether (sulfide) groups is 1. The first-order valence-electron chi connectivity index (χ1n) is 6.29. The lowest BCUT2D eigenvalue weighted by Crippen LogP contribution is -2.26. The first-order valence-corrected chi connectivity index (χ1v) is 9.17. The van der Waals surface area contributed by atoms with Crippen molar-refractivity contribution < 1.29 is 8.42 Å². The molecule has 0 saturated heterocycles. The third-order valence-electron chi connectivity index (χ3n) is 2.63. The molecule has 0 amide bonds. The van der Waals surface area contributed by atoms with Crippen molar-refractivity contribution in [1.82, 2.24) is 4.72 Å². The number of rotatable bonds is 6. The molecule has 6 heteroatoms. The molecule has 1 aromatic carbocycles. The van der Waals surface area contributed by atoms with Crippen molar-refractivity contribution in [3.63, 3.8) is 0 Å². The zero-order valence-corrected chi connectivity index (χ0v) is 13.4. The fourth-order valence-corrected chi connectivity index (χ4v) is 3.40. The molecule has 110 valence electrons. The van der Waals surface area contributed by atoms with E-state index in [4.69, 9.17) is 5.73 Å². The van der Waals surface area contributed by atoms with Crippen LogP contribution in [0.25, 0.3) is 0 Å². The lowest BCUT2D eigenvalue weighted by atomic mass is 10.1. The van der Waals surface area contributed by atoms with Crippen molar-refractivity contribution in [2.75, 3.05) is 25.1 Å². The second-order valence-electron chi connectivity index (χ2n) is 4.23. The van der Waals surface area contributed by atoms with Gasteiger partial charge in [0, 0.05) is 12.1 Å². The molecule has 0 radical (unpaired) electrons. The van der Waals surface area contributed by atoms with Crippen LogP contribution in [0, 0.1) is 18.8 Å². The van der Waals surface area contributed by atoms with Gasteiger partial charge in [-0.2, -0.15) is 11.8 Å². The number of benzene rings is 1. The fourth-order valence-electron chi connectivity index (χ4n) is 1.62. The largest absolute Gasteiger partial charge is 0.320 e. The number of hydrogen-bond donors (Lipinski definition) is 2. The summed E-state index contributed by atoms with van der Waals surface area (Å²) in [6.45, 7) is 2.47. The maximum atomic E-state index is 12.3. The maximum Gasteiger partial charge on any atom is 0.240 e. The minimum Gasteiger partial charge on any atom is -0.320 e. The second-order valence-corrected chi connectivity index (χ2v) is 6.95. The molecule has 1 aromatic rings. The molecule has 1 rings (SSSR count). The van der Waals surface area contributed by atoms with Gasteiger partial charge in [-0.25, -0.2) is 13.1 Å². The van der Waals surface area contributed by atoms with Gasteiger partial charge in [-0.15, -0.1) is 0 Å². The number of nitrogens with two attached hydrogens (primary N) is 1. The maximum absolute atomic E-state index is 12.3. The first kappa shape index (κ1) is 17.1. The molecule has 0 atom stereocenters. The van der Waals surface area contributed by atoms with Gasteiger partial charge in [-0.1, -0.05) is 17.9 Å². The molecule has 0 aliphatic heterocycles. The second kappa shape index (κ2) is 8.32. The summed E-state index contributed by atoms with van der Waals surface area (Å²) in [5.74, 6) is 6.51. The number of sulfonamides is 1. The Morgan fingerprint density at radius 2 is 2.15 bits per heavy atom. The van der Waals surface area contributed by atoms with Crippen LogP contribution >= 0.6 is 11.8 Å². The van der Waals surface area contributed by atoms with Crippen molar-refractivity contribution in [3.8, 4) is 11.8 Å². The first-order chi connectivity index (χ1) is 9.51. The van der Waals surface area contributed by atoms with Crippen molar-refractivity contribution in [2.24, 2.45) is 5.73 Å². The van der Waals surface area contributed by atoms with Crippen molar-refractivity contribution in [3.05, 3.63) is 29.3 Å². The van der Waals surface area contributed by atoms with Crippen LogP contribution in [0.2, 0.25) is 0 Å². The summed E-state index contributed by atoms with van der Waals surface area (Å²) in [6, 6.07) is 5.15. The Bertz CT molecular complexity index is 601. The van der Waals surface area contributed by atoms with E-state index in [0.717, 1.165) is 12.2 Å². The van der Waals surface area contributed by atoms with E-state index in [9.17, 15) is 8.42 Å². The zero-order valence-electron chi connectivity index (χ0n) is 11.8. The van der Waals surface area contributed by atoms with Gasteiger partial charge in [-0.3, -0.25) is 0 Å². The Hall–Kier alpha value is -1.00. The van der Waals surface area contributed by atoms with Gasteiger partial charge in [0.2, 0.25) is 10.0 Å². The van der Waals surface area contributed by atoms with Gasteiger partial charge in [0.05, 0.1) is 11.4 Å². The summed E-state index contributed by atoms with van der Waals surface area (Å²) in [6.07, 6.45) is 2.81. The van der Waals surface area contributed by atoms with Gasteiger partial charge >= 0.3 is 0 Å². The minimum atomic E-state index is -3.48. The molecule has 0 heterocycles. The smallest absolute Gasteiger partial charge is 0.240 e.